The predicted octanol–water partition coefficient (Wildman–Crippen LogP) is 13.7. The van der Waals surface area contributed by atoms with Gasteiger partial charge in [0.1, 0.15) is 11.5 Å². The van der Waals surface area contributed by atoms with Crippen molar-refractivity contribution in [1.29, 1.82) is 0 Å². The Bertz CT molecular complexity index is 3260. The SMILES string of the molecule is c1ccc(-c2ccc(N3c4ccc(-c5ccccc5)cc4B4c5cc(-c6ccccc6)ccc5Oc5cc(N(c6ccccc6)c6cccc7ccccc67)cc3c54)cc2)cc1. The van der Waals surface area contributed by atoms with Crippen LogP contribution in [-0.4, -0.2) is 6.71 Å². The predicted molar refractivity (Wildman–Crippen MR) is 261 cm³/mol. The van der Waals surface area contributed by atoms with Gasteiger partial charge in [-0.15, -0.1) is 0 Å². The molecule has 0 aliphatic carbocycles. The Hall–Kier alpha value is -8.08. The number of nitrogens with zero attached hydrogens (tertiary/aromatic N) is 2. The fourth-order valence-corrected chi connectivity index (χ4v) is 9.61. The Kier molecular flexibility index (Phi) is 8.60. The number of benzene rings is 10. The van der Waals surface area contributed by atoms with Crippen molar-refractivity contribution in [1.82, 2.24) is 0 Å². The van der Waals surface area contributed by atoms with Gasteiger partial charge < -0.3 is 14.5 Å². The van der Waals surface area contributed by atoms with Gasteiger partial charge in [-0.1, -0.05) is 182 Å². The highest BCUT2D eigenvalue weighted by Gasteiger charge is 2.43. The Labute approximate surface area is 362 Å². The first-order valence-corrected chi connectivity index (χ1v) is 21.3. The lowest BCUT2D eigenvalue weighted by molar-refractivity contribution is 0.487. The van der Waals surface area contributed by atoms with Crippen molar-refractivity contribution < 1.29 is 4.74 Å². The Morgan fingerprint density at radius 3 is 1.61 bits per heavy atom. The van der Waals surface area contributed by atoms with Crippen LogP contribution in [0.2, 0.25) is 0 Å². The van der Waals surface area contributed by atoms with E-state index >= 15 is 0 Å². The third kappa shape index (κ3) is 6.07. The van der Waals surface area contributed by atoms with Crippen LogP contribution >= 0.6 is 0 Å². The zero-order chi connectivity index (χ0) is 41.0. The summed E-state index contributed by atoms with van der Waals surface area (Å²) in [5, 5.41) is 2.36. The number of fused-ring (bicyclic) bond motifs is 5. The lowest BCUT2D eigenvalue weighted by Gasteiger charge is -2.41. The van der Waals surface area contributed by atoms with Gasteiger partial charge in [-0.25, -0.2) is 0 Å². The first-order chi connectivity index (χ1) is 30.7. The monoisotopic (exact) mass is 790 g/mol. The first kappa shape index (κ1) is 35.8. The van der Waals surface area contributed by atoms with Gasteiger partial charge in [-0.05, 0) is 104 Å². The molecule has 0 aromatic heterocycles. The van der Waals surface area contributed by atoms with E-state index in [1.165, 1.54) is 49.6 Å². The topological polar surface area (TPSA) is 15.7 Å². The number of ether oxygens (including phenoxy) is 1. The molecule has 4 heteroatoms. The van der Waals surface area contributed by atoms with Gasteiger partial charge in [-0.2, -0.15) is 0 Å². The van der Waals surface area contributed by atoms with Crippen molar-refractivity contribution in [2.75, 3.05) is 9.80 Å². The van der Waals surface area contributed by atoms with E-state index in [1.54, 1.807) is 0 Å². The minimum Gasteiger partial charge on any atom is -0.458 e. The summed E-state index contributed by atoms with van der Waals surface area (Å²) in [7, 11) is 0. The highest BCUT2D eigenvalue weighted by molar-refractivity contribution is 6.99. The molecule has 2 aliphatic heterocycles. The van der Waals surface area contributed by atoms with Gasteiger partial charge in [0.2, 0.25) is 0 Å². The third-order valence-electron chi connectivity index (χ3n) is 12.5. The molecule has 0 fully saturated rings. The highest BCUT2D eigenvalue weighted by Crippen LogP contribution is 2.47. The summed E-state index contributed by atoms with van der Waals surface area (Å²) in [5.41, 5.74) is 17.1. The number of rotatable bonds is 7. The molecule has 0 saturated heterocycles. The van der Waals surface area contributed by atoms with Crippen LogP contribution in [0, 0.1) is 0 Å². The van der Waals surface area contributed by atoms with Crippen molar-refractivity contribution in [3.63, 3.8) is 0 Å². The minimum absolute atomic E-state index is 0.0947. The minimum atomic E-state index is -0.0947. The maximum atomic E-state index is 7.20. The average molecular weight is 791 g/mol. The van der Waals surface area contributed by atoms with E-state index in [0.29, 0.717) is 0 Å². The van der Waals surface area contributed by atoms with Crippen LogP contribution in [-0.2, 0) is 0 Å². The molecule has 10 aromatic rings. The van der Waals surface area contributed by atoms with E-state index < -0.39 is 0 Å². The summed E-state index contributed by atoms with van der Waals surface area (Å²) in [6.07, 6.45) is 0. The number of anilines is 6. The van der Waals surface area contributed by atoms with Crippen LogP contribution in [0.5, 0.6) is 11.5 Å². The second-order valence-corrected chi connectivity index (χ2v) is 16.1. The zero-order valence-corrected chi connectivity index (χ0v) is 33.9. The molecule has 290 valence electrons. The molecule has 0 bridgehead atoms. The number of para-hydroxylation sites is 1. The van der Waals surface area contributed by atoms with Gasteiger partial charge in [0.15, 0.2) is 0 Å². The smallest absolute Gasteiger partial charge is 0.256 e. The van der Waals surface area contributed by atoms with Gasteiger partial charge in [-0.3, -0.25) is 0 Å². The van der Waals surface area contributed by atoms with Crippen LogP contribution in [0.1, 0.15) is 0 Å². The molecule has 0 saturated carbocycles. The molecule has 0 amide bonds. The highest BCUT2D eigenvalue weighted by atomic mass is 16.5. The zero-order valence-electron chi connectivity index (χ0n) is 33.9. The second-order valence-electron chi connectivity index (χ2n) is 16.1. The van der Waals surface area contributed by atoms with Crippen molar-refractivity contribution in [2.24, 2.45) is 0 Å². The van der Waals surface area contributed by atoms with Gasteiger partial charge in [0.25, 0.3) is 6.71 Å². The van der Waals surface area contributed by atoms with Gasteiger partial charge in [0, 0.05) is 34.2 Å². The van der Waals surface area contributed by atoms with Gasteiger partial charge >= 0.3 is 0 Å². The standard InChI is InChI=1S/C58H39BN2O/c1-5-16-40(17-6-1)43-28-32-48(33-29-43)61-54-34-30-45(41-18-7-2-8-19-41)36-51(54)59-52-37-46(42-20-9-3-10-21-42)31-35-56(52)62-57-39-49(38-55(61)58(57)59)60(47-24-11-4-12-25-47)53-27-15-23-44-22-13-14-26-50(44)53/h1-39H. The van der Waals surface area contributed by atoms with E-state index in [-0.39, 0.29) is 6.71 Å². The third-order valence-corrected chi connectivity index (χ3v) is 12.5. The molecule has 2 aliphatic rings. The fraction of sp³-hybridized carbons (Fsp3) is 0. The van der Waals surface area contributed by atoms with E-state index in [0.717, 1.165) is 56.5 Å². The molecule has 0 radical (unpaired) electrons. The summed E-state index contributed by atoms with van der Waals surface area (Å²) < 4.78 is 7.20. The molecule has 10 aromatic carbocycles. The van der Waals surface area contributed by atoms with Crippen molar-refractivity contribution in [3.05, 3.63) is 237 Å². The summed E-state index contributed by atoms with van der Waals surface area (Å²) >= 11 is 0. The van der Waals surface area contributed by atoms with Crippen LogP contribution in [0.4, 0.5) is 34.1 Å². The molecular formula is C58H39BN2O. The largest absolute Gasteiger partial charge is 0.458 e. The average Bonchev–Trinajstić information content (AvgIpc) is 3.35. The molecular weight excluding hydrogens is 751 g/mol. The lowest BCUT2D eigenvalue weighted by Crippen LogP contribution is -2.59. The molecule has 62 heavy (non-hydrogen) atoms. The molecule has 0 spiro atoms. The number of hydrogen-bond acceptors (Lipinski definition) is 3. The molecule has 0 atom stereocenters. The summed E-state index contributed by atoms with van der Waals surface area (Å²) in [6.45, 7) is -0.0947. The maximum absolute atomic E-state index is 7.20. The summed E-state index contributed by atoms with van der Waals surface area (Å²) in [4.78, 5) is 4.84. The van der Waals surface area contributed by atoms with Crippen molar-refractivity contribution in [3.8, 4) is 44.9 Å². The van der Waals surface area contributed by atoms with Crippen molar-refractivity contribution >= 4 is 68.0 Å². The van der Waals surface area contributed by atoms with E-state index in [9.17, 15) is 0 Å². The van der Waals surface area contributed by atoms with E-state index in [4.69, 9.17) is 4.74 Å². The van der Waals surface area contributed by atoms with Crippen LogP contribution < -0.4 is 30.9 Å². The summed E-state index contributed by atoms with van der Waals surface area (Å²) in [6, 6.07) is 85.3. The van der Waals surface area contributed by atoms with E-state index in [1.807, 2.05) is 0 Å². The maximum Gasteiger partial charge on any atom is 0.256 e. The molecule has 0 unspecified atom stereocenters. The number of hydrogen-bond donors (Lipinski definition) is 0. The normalized spacial score (nSPS) is 12.3. The Morgan fingerprint density at radius 1 is 0.371 bits per heavy atom. The van der Waals surface area contributed by atoms with Crippen molar-refractivity contribution in [2.45, 2.75) is 0 Å². The second kappa shape index (κ2) is 14.9. The van der Waals surface area contributed by atoms with Crippen LogP contribution in [0.3, 0.4) is 0 Å². The Morgan fingerprint density at radius 2 is 0.919 bits per heavy atom. The molecule has 12 rings (SSSR count). The van der Waals surface area contributed by atoms with Crippen LogP contribution in [0.25, 0.3) is 44.2 Å². The molecule has 3 nitrogen and oxygen atoms in total. The van der Waals surface area contributed by atoms with E-state index in [2.05, 4.69) is 246 Å². The molecule has 2 heterocycles. The summed E-state index contributed by atoms with van der Waals surface area (Å²) in [5.74, 6) is 1.73. The van der Waals surface area contributed by atoms with Gasteiger partial charge in [0.05, 0.1) is 11.4 Å². The Balaban J connectivity index is 1.14. The quantitative estimate of drug-likeness (QED) is 0.150. The van der Waals surface area contributed by atoms with Crippen LogP contribution in [0.15, 0.2) is 237 Å². The fourth-order valence-electron chi connectivity index (χ4n) is 9.61. The lowest BCUT2D eigenvalue weighted by atomic mass is 9.34. The molecule has 0 N–H and O–H groups in total. The first-order valence-electron chi connectivity index (χ1n) is 21.3.